The zero-order chi connectivity index (χ0) is 23.5. The summed E-state index contributed by atoms with van der Waals surface area (Å²) in [6.07, 6.45) is 3.00. The van der Waals surface area contributed by atoms with Gasteiger partial charge in [0.25, 0.3) is 5.56 Å². The summed E-state index contributed by atoms with van der Waals surface area (Å²) >= 11 is 6.48. The largest absolute Gasteiger partial charge is 0.494 e. The zero-order valence-corrected chi connectivity index (χ0v) is 19.6. The molecule has 1 saturated heterocycles. The van der Waals surface area contributed by atoms with Crippen LogP contribution in [0.5, 0.6) is 5.75 Å². The van der Waals surface area contributed by atoms with Crippen LogP contribution < -0.4 is 10.3 Å². The number of halogens is 3. The number of ether oxygens (including phenoxy) is 1. The van der Waals surface area contributed by atoms with Crippen LogP contribution in [0.25, 0.3) is 5.69 Å². The maximum atomic E-state index is 13.3. The second kappa shape index (κ2) is 10.1. The van der Waals surface area contributed by atoms with Crippen LogP contribution in [0.15, 0.2) is 53.3 Å². The number of nitrogens with zero attached hydrogens (tertiary/aromatic N) is 3. The maximum absolute atomic E-state index is 13.3. The summed E-state index contributed by atoms with van der Waals surface area (Å²) in [6, 6.07) is 11.9. The van der Waals surface area contributed by atoms with Gasteiger partial charge in [-0.2, -0.15) is 0 Å². The maximum Gasteiger partial charge on any atom is 0.290 e. The van der Waals surface area contributed by atoms with Gasteiger partial charge in [-0.05, 0) is 93.7 Å². The van der Waals surface area contributed by atoms with Crippen molar-refractivity contribution < 1.29 is 13.5 Å². The summed E-state index contributed by atoms with van der Waals surface area (Å²) in [4.78, 5) is 15.2. The van der Waals surface area contributed by atoms with E-state index in [1.165, 1.54) is 28.9 Å². The number of piperidine rings is 1. The van der Waals surface area contributed by atoms with E-state index in [0.29, 0.717) is 24.0 Å². The van der Waals surface area contributed by atoms with E-state index in [1.54, 1.807) is 28.9 Å². The van der Waals surface area contributed by atoms with E-state index in [1.807, 2.05) is 7.05 Å². The normalized spacial score (nSPS) is 16.2. The molecule has 176 valence electrons. The van der Waals surface area contributed by atoms with E-state index in [4.69, 9.17) is 16.3 Å². The van der Waals surface area contributed by atoms with Gasteiger partial charge < -0.3 is 4.74 Å². The molecule has 1 aliphatic rings. The minimum Gasteiger partial charge on any atom is -0.494 e. The molecule has 2 heterocycles. The molecule has 0 aliphatic carbocycles. The van der Waals surface area contributed by atoms with E-state index < -0.39 is 0 Å². The predicted octanol–water partition coefficient (Wildman–Crippen LogP) is 5.35. The highest BCUT2D eigenvalue weighted by molar-refractivity contribution is 6.31. The second-order valence-corrected chi connectivity index (χ2v) is 8.94. The summed E-state index contributed by atoms with van der Waals surface area (Å²) in [5.74, 6) is 0.613. The molecule has 5 nitrogen and oxygen atoms in total. The van der Waals surface area contributed by atoms with Crippen LogP contribution in [0.2, 0.25) is 5.02 Å². The average Bonchev–Trinajstić information content (AvgIpc) is 3.04. The Hall–Kier alpha value is -2.64. The Balaban J connectivity index is 1.37. The molecule has 0 radical (unpaired) electrons. The number of aromatic nitrogens is 2. The highest BCUT2D eigenvalue weighted by atomic mass is 35.5. The van der Waals surface area contributed by atoms with Gasteiger partial charge in [0.1, 0.15) is 22.4 Å². The van der Waals surface area contributed by atoms with Gasteiger partial charge >= 0.3 is 0 Å². The molecular formula is C25H28ClF2N3O2. The molecule has 1 fully saturated rings. The summed E-state index contributed by atoms with van der Waals surface area (Å²) < 4.78 is 35.3. The van der Waals surface area contributed by atoms with Crippen LogP contribution in [0, 0.1) is 17.6 Å². The molecule has 3 aromatic rings. The molecule has 1 unspecified atom stereocenters. The highest BCUT2D eigenvalue weighted by Gasteiger charge is 2.29. The van der Waals surface area contributed by atoms with Crippen molar-refractivity contribution in [1.29, 1.82) is 0 Å². The first-order chi connectivity index (χ1) is 15.8. The van der Waals surface area contributed by atoms with E-state index in [0.717, 1.165) is 38.0 Å². The average molecular weight is 476 g/mol. The van der Waals surface area contributed by atoms with Crippen LogP contribution in [-0.2, 0) is 7.05 Å². The fourth-order valence-corrected chi connectivity index (χ4v) is 4.95. The van der Waals surface area contributed by atoms with Gasteiger partial charge in [-0.25, -0.2) is 13.5 Å². The minimum absolute atomic E-state index is 0.0340. The topological polar surface area (TPSA) is 39.4 Å². The van der Waals surface area contributed by atoms with Gasteiger partial charge in [-0.15, -0.1) is 0 Å². The summed E-state index contributed by atoms with van der Waals surface area (Å²) in [6.45, 7) is 4.46. The Bertz CT molecular complexity index is 1130. The molecule has 1 aliphatic heterocycles. The Kier molecular flexibility index (Phi) is 7.20. The lowest BCUT2D eigenvalue weighted by atomic mass is 9.93. The third-order valence-corrected chi connectivity index (χ3v) is 6.88. The van der Waals surface area contributed by atoms with E-state index in [9.17, 15) is 13.6 Å². The second-order valence-electron chi connectivity index (χ2n) is 8.56. The third kappa shape index (κ3) is 5.14. The molecule has 8 heteroatoms. The number of hydrogen-bond donors (Lipinski definition) is 0. The fourth-order valence-electron chi connectivity index (χ4n) is 4.59. The van der Waals surface area contributed by atoms with Crippen molar-refractivity contribution in [3.8, 4) is 11.4 Å². The molecule has 0 N–H and O–H groups in total. The first-order valence-corrected chi connectivity index (χ1v) is 11.6. The quantitative estimate of drug-likeness (QED) is 0.462. The van der Waals surface area contributed by atoms with Crippen LogP contribution in [0.4, 0.5) is 8.78 Å². The summed E-state index contributed by atoms with van der Waals surface area (Å²) in [5, 5.41) is 0.198. The van der Waals surface area contributed by atoms with Gasteiger partial charge in [0.05, 0.1) is 24.0 Å². The molecule has 0 saturated carbocycles. The first-order valence-electron chi connectivity index (χ1n) is 11.2. The van der Waals surface area contributed by atoms with E-state index in [2.05, 4.69) is 11.8 Å². The smallest absolute Gasteiger partial charge is 0.290 e. The SMILES string of the molecule is CC(c1c(Cl)c(=O)n(-c2ccc(F)cc2)n1C)N1CCC(CCOc2ccc(F)cc2)CC1. The summed E-state index contributed by atoms with van der Waals surface area (Å²) in [7, 11) is 1.81. The number of benzene rings is 2. The van der Waals surface area contributed by atoms with E-state index >= 15 is 0 Å². The predicted molar refractivity (Wildman–Crippen MR) is 125 cm³/mol. The van der Waals surface area contributed by atoms with Gasteiger partial charge in [-0.1, -0.05) is 11.6 Å². The zero-order valence-electron chi connectivity index (χ0n) is 18.8. The number of hydrogen-bond acceptors (Lipinski definition) is 3. The summed E-state index contributed by atoms with van der Waals surface area (Å²) in [5.41, 5.74) is 1.02. The lowest BCUT2D eigenvalue weighted by Gasteiger charge is -2.36. The van der Waals surface area contributed by atoms with Crippen molar-refractivity contribution in [3.05, 3.63) is 81.2 Å². The van der Waals surface area contributed by atoms with Crippen molar-refractivity contribution in [2.75, 3.05) is 19.7 Å². The molecular weight excluding hydrogens is 448 g/mol. The van der Waals surface area contributed by atoms with Crippen LogP contribution in [0.3, 0.4) is 0 Å². The van der Waals surface area contributed by atoms with Crippen LogP contribution in [0.1, 0.15) is 37.9 Å². The van der Waals surface area contributed by atoms with Gasteiger partial charge in [0, 0.05) is 7.05 Å². The Morgan fingerprint density at radius 1 is 1.03 bits per heavy atom. The van der Waals surface area contributed by atoms with Gasteiger partial charge in [-0.3, -0.25) is 14.4 Å². The molecule has 1 aromatic heterocycles. The lowest BCUT2D eigenvalue weighted by molar-refractivity contribution is 0.124. The fraction of sp³-hybridized carbons (Fsp3) is 0.400. The molecule has 33 heavy (non-hydrogen) atoms. The van der Waals surface area contributed by atoms with Gasteiger partial charge in [0.2, 0.25) is 0 Å². The lowest BCUT2D eigenvalue weighted by Crippen LogP contribution is -2.37. The van der Waals surface area contributed by atoms with Crippen LogP contribution in [-0.4, -0.2) is 34.0 Å². The Labute approximate surface area is 197 Å². The van der Waals surface area contributed by atoms with Crippen molar-refractivity contribution >= 4 is 11.6 Å². The monoisotopic (exact) mass is 475 g/mol. The van der Waals surface area contributed by atoms with Gasteiger partial charge in [0.15, 0.2) is 0 Å². The Morgan fingerprint density at radius 3 is 2.21 bits per heavy atom. The van der Waals surface area contributed by atoms with Crippen LogP contribution >= 0.6 is 11.6 Å². The van der Waals surface area contributed by atoms with Crippen molar-refractivity contribution in [2.24, 2.45) is 13.0 Å². The number of rotatable bonds is 7. The van der Waals surface area contributed by atoms with Crippen molar-refractivity contribution in [2.45, 2.75) is 32.2 Å². The molecule has 0 bridgehead atoms. The molecule has 2 aromatic carbocycles. The minimum atomic E-state index is -0.355. The first kappa shape index (κ1) is 23.5. The highest BCUT2D eigenvalue weighted by Crippen LogP contribution is 2.31. The Morgan fingerprint density at radius 2 is 1.61 bits per heavy atom. The molecule has 0 spiro atoms. The standard InChI is InChI=1S/C25H28ClF2N3O2/c1-17(24-23(26)25(32)31(29(24)2)21-7-3-19(27)4-8-21)30-14-11-18(12-15-30)13-16-33-22-9-5-20(28)6-10-22/h3-10,17-18H,11-16H2,1-2H3. The van der Waals surface area contributed by atoms with Crippen molar-refractivity contribution in [3.63, 3.8) is 0 Å². The molecule has 1 atom stereocenters. The molecule has 0 amide bonds. The number of likely N-dealkylation sites (tertiary alicyclic amines) is 1. The van der Waals surface area contributed by atoms with Crippen molar-refractivity contribution in [1.82, 2.24) is 14.3 Å². The third-order valence-electron chi connectivity index (χ3n) is 6.53. The molecule has 4 rings (SSSR count). The van der Waals surface area contributed by atoms with E-state index in [-0.39, 0.29) is 28.3 Å².